The predicted molar refractivity (Wildman–Crippen MR) is 58.2 cm³/mol. The van der Waals surface area contributed by atoms with E-state index in [1.807, 2.05) is 6.92 Å². The molecular formula is C11H17F3N2O. The molecule has 0 bridgehead atoms. The summed E-state index contributed by atoms with van der Waals surface area (Å²) in [6.07, 6.45) is -2.43. The third-order valence-electron chi connectivity index (χ3n) is 2.89. The fraction of sp³-hybridized carbons (Fsp3) is 0.727. The van der Waals surface area contributed by atoms with Crippen molar-refractivity contribution in [3.8, 4) is 0 Å². The molecule has 0 aromatic carbocycles. The molecular weight excluding hydrogens is 233 g/mol. The van der Waals surface area contributed by atoms with Crippen LogP contribution in [0.2, 0.25) is 0 Å². The van der Waals surface area contributed by atoms with Crippen LogP contribution in [0.5, 0.6) is 0 Å². The van der Waals surface area contributed by atoms with Gasteiger partial charge in [0.2, 0.25) is 5.91 Å². The molecule has 17 heavy (non-hydrogen) atoms. The average Bonchev–Trinajstić information content (AvgIpc) is 2.27. The highest BCUT2D eigenvalue weighted by atomic mass is 19.4. The van der Waals surface area contributed by atoms with Gasteiger partial charge in [0.15, 0.2) is 0 Å². The number of rotatable bonds is 3. The number of carbonyl (C=O) groups excluding carboxylic acids is 1. The van der Waals surface area contributed by atoms with E-state index in [0.717, 1.165) is 6.08 Å². The van der Waals surface area contributed by atoms with Gasteiger partial charge in [-0.1, -0.05) is 13.0 Å². The van der Waals surface area contributed by atoms with Crippen molar-refractivity contribution in [3.05, 3.63) is 11.6 Å². The number of hydrogen-bond donors (Lipinski definition) is 1. The highest BCUT2D eigenvalue weighted by Gasteiger charge is 2.35. The quantitative estimate of drug-likeness (QED) is 0.777. The fourth-order valence-electron chi connectivity index (χ4n) is 1.65. The van der Waals surface area contributed by atoms with Gasteiger partial charge in [-0.25, -0.2) is 0 Å². The van der Waals surface area contributed by atoms with Gasteiger partial charge in [0.25, 0.3) is 0 Å². The van der Waals surface area contributed by atoms with Gasteiger partial charge < -0.3 is 10.6 Å². The summed E-state index contributed by atoms with van der Waals surface area (Å²) >= 11 is 0. The molecule has 3 nitrogen and oxygen atoms in total. The van der Waals surface area contributed by atoms with E-state index >= 15 is 0 Å². The summed E-state index contributed by atoms with van der Waals surface area (Å²) in [7, 11) is 0. The third kappa shape index (κ3) is 4.03. The molecule has 1 heterocycles. The van der Waals surface area contributed by atoms with Gasteiger partial charge >= 0.3 is 6.18 Å². The minimum absolute atomic E-state index is 0.0319. The molecule has 0 fully saturated rings. The Bertz CT molecular complexity index is 312. The van der Waals surface area contributed by atoms with Crippen LogP contribution in [0.4, 0.5) is 13.2 Å². The molecule has 0 radical (unpaired) electrons. The van der Waals surface area contributed by atoms with E-state index in [-0.39, 0.29) is 37.9 Å². The molecule has 1 atom stereocenters. The highest BCUT2D eigenvalue weighted by Crippen LogP contribution is 2.30. The zero-order valence-electron chi connectivity index (χ0n) is 9.76. The van der Waals surface area contributed by atoms with Crippen molar-refractivity contribution in [2.24, 2.45) is 5.73 Å². The van der Waals surface area contributed by atoms with E-state index in [9.17, 15) is 18.0 Å². The lowest BCUT2D eigenvalue weighted by Crippen LogP contribution is -2.39. The van der Waals surface area contributed by atoms with Crippen molar-refractivity contribution in [2.75, 3.05) is 13.1 Å². The standard InChI is InChI=1S/C11H17F3N2O/c1-2-9(15)7-10(17)16-5-3-8(4-6-16)11(12,13)14/h3,9H,2,4-7,15H2,1H3. The molecule has 98 valence electrons. The molecule has 0 spiro atoms. The van der Waals surface area contributed by atoms with Gasteiger partial charge in [-0.15, -0.1) is 0 Å². The fourth-order valence-corrected chi connectivity index (χ4v) is 1.65. The summed E-state index contributed by atoms with van der Waals surface area (Å²) in [6, 6.07) is -0.213. The van der Waals surface area contributed by atoms with Gasteiger partial charge in [0, 0.05) is 31.1 Å². The number of hydrogen-bond acceptors (Lipinski definition) is 2. The van der Waals surface area contributed by atoms with E-state index in [1.54, 1.807) is 0 Å². The number of amides is 1. The van der Waals surface area contributed by atoms with Crippen molar-refractivity contribution >= 4 is 5.91 Å². The molecule has 1 amide bonds. The maximum Gasteiger partial charge on any atom is 0.412 e. The molecule has 0 aromatic rings. The molecule has 0 aromatic heterocycles. The number of nitrogens with two attached hydrogens (primary N) is 1. The first-order valence-corrected chi connectivity index (χ1v) is 5.64. The van der Waals surface area contributed by atoms with Gasteiger partial charge in [-0.2, -0.15) is 13.2 Å². The number of nitrogens with zero attached hydrogens (tertiary/aromatic N) is 1. The van der Waals surface area contributed by atoms with Crippen LogP contribution < -0.4 is 5.73 Å². The van der Waals surface area contributed by atoms with Crippen LogP contribution in [-0.2, 0) is 4.79 Å². The average molecular weight is 250 g/mol. The molecule has 0 saturated heterocycles. The van der Waals surface area contributed by atoms with Crippen LogP contribution in [0.1, 0.15) is 26.2 Å². The second-order valence-corrected chi connectivity index (χ2v) is 4.19. The zero-order chi connectivity index (χ0) is 13.1. The van der Waals surface area contributed by atoms with Crippen LogP contribution >= 0.6 is 0 Å². The van der Waals surface area contributed by atoms with Gasteiger partial charge in [0.05, 0.1) is 0 Å². The van der Waals surface area contributed by atoms with E-state index in [1.165, 1.54) is 4.90 Å². The summed E-state index contributed by atoms with van der Waals surface area (Å²) in [4.78, 5) is 13.1. The molecule has 1 aliphatic heterocycles. The molecule has 1 aliphatic rings. The lowest BCUT2D eigenvalue weighted by Gasteiger charge is -2.28. The molecule has 1 rings (SSSR count). The first-order valence-electron chi connectivity index (χ1n) is 5.64. The minimum Gasteiger partial charge on any atom is -0.339 e. The maximum absolute atomic E-state index is 12.3. The Labute approximate surface area is 98.5 Å². The summed E-state index contributed by atoms with van der Waals surface area (Å²) in [5.41, 5.74) is 5.09. The van der Waals surface area contributed by atoms with Crippen molar-refractivity contribution in [3.63, 3.8) is 0 Å². The minimum atomic E-state index is -4.27. The number of alkyl halides is 3. The Morgan fingerprint density at radius 3 is 2.65 bits per heavy atom. The monoisotopic (exact) mass is 250 g/mol. The first-order chi connectivity index (χ1) is 7.84. The molecule has 2 N–H and O–H groups in total. The van der Waals surface area contributed by atoms with Gasteiger partial charge in [-0.05, 0) is 12.8 Å². The SMILES string of the molecule is CCC(N)CC(=O)N1CC=C(C(F)(F)F)CC1. The van der Waals surface area contributed by atoms with Crippen molar-refractivity contribution in [1.82, 2.24) is 4.90 Å². The Morgan fingerprint density at radius 2 is 2.24 bits per heavy atom. The van der Waals surface area contributed by atoms with Crippen molar-refractivity contribution < 1.29 is 18.0 Å². The van der Waals surface area contributed by atoms with Crippen LogP contribution in [0.15, 0.2) is 11.6 Å². The summed E-state index contributed by atoms with van der Waals surface area (Å²) < 4.78 is 37.0. The highest BCUT2D eigenvalue weighted by molar-refractivity contribution is 5.77. The van der Waals surface area contributed by atoms with Gasteiger partial charge in [-0.3, -0.25) is 4.79 Å². The van der Waals surface area contributed by atoms with E-state index in [2.05, 4.69) is 0 Å². The normalized spacial score (nSPS) is 18.9. The molecule has 0 saturated carbocycles. The van der Waals surface area contributed by atoms with Crippen LogP contribution in [0.3, 0.4) is 0 Å². The Hall–Kier alpha value is -1.04. The third-order valence-corrected chi connectivity index (χ3v) is 2.89. The smallest absolute Gasteiger partial charge is 0.339 e. The largest absolute Gasteiger partial charge is 0.412 e. The first kappa shape index (κ1) is 14.0. The lowest BCUT2D eigenvalue weighted by atomic mass is 10.1. The second-order valence-electron chi connectivity index (χ2n) is 4.19. The summed E-state index contributed by atoms with van der Waals surface area (Å²) in [5, 5.41) is 0. The van der Waals surface area contributed by atoms with E-state index < -0.39 is 11.7 Å². The second kappa shape index (κ2) is 5.53. The number of halogens is 3. The van der Waals surface area contributed by atoms with E-state index in [4.69, 9.17) is 5.73 Å². The Kier molecular flexibility index (Phi) is 4.56. The van der Waals surface area contributed by atoms with E-state index in [0.29, 0.717) is 6.42 Å². The number of carbonyl (C=O) groups is 1. The van der Waals surface area contributed by atoms with Crippen molar-refractivity contribution in [1.29, 1.82) is 0 Å². The maximum atomic E-state index is 12.3. The zero-order valence-corrected chi connectivity index (χ0v) is 9.76. The summed E-state index contributed by atoms with van der Waals surface area (Å²) in [6.45, 7) is 2.03. The molecule has 1 unspecified atom stereocenters. The van der Waals surface area contributed by atoms with Crippen molar-refractivity contribution in [2.45, 2.75) is 38.4 Å². The molecule has 6 heteroatoms. The molecule has 0 aliphatic carbocycles. The van der Waals surface area contributed by atoms with Gasteiger partial charge in [0.1, 0.15) is 0 Å². The van der Waals surface area contributed by atoms with Crippen LogP contribution in [0, 0.1) is 0 Å². The van der Waals surface area contributed by atoms with Crippen LogP contribution in [0.25, 0.3) is 0 Å². The predicted octanol–water partition coefficient (Wildman–Crippen LogP) is 1.83. The van der Waals surface area contributed by atoms with Crippen LogP contribution in [-0.4, -0.2) is 36.1 Å². The Balaban J connectivity index is 2.52. The summed E-state index contributed by atoms with van der Waals surface area (Å²) in [5.74, 6) is -0.170. The Morgan fingerprint density at radius 1 is 1.59 bits per heavy atom. The topological polar surface area (TPSA) is 46.3 Å². The lowest BCUT2D eigenvalue weighted by molar-refractivity contribution is -0.132.